The number of aryl methyl sites for hydroxylation is 1. The predicted molar refractivity (Wildman–Crippen MR) is 99.1 cm³/mol. The van der Waals surface area contributed by atoms with Crippen molar-refractivity contribution in [3.05, 3.63) is 64.2 Å². The molecule has 5 nitrogen and oxygen atoms in total. The second-order valence-electron chi connectivity index (χ2n) is 7.46. The number of cyclic esters (lactones) is 1. The second-order valence-corrected chi connectivity index (χ2v) is 7.90. The molecular weight excluding hydrogens is 366 g/mol. The minimum atomic E-state index is -1.01. The lowest BCUT2D eigenvalue weighted by Gasteiger charge is -2.34. The summed E-state index contributed by atoms with van der Waals surface area (Å²) in [5, 5.41) is 4.03. The lowest BCUT2D eigenvalue weighted by molar-refractivity contribution is -0.145. The van der Waals surface area contributed by atoms with Gasteiger partial charge >= 0.3 is 5.97 Å². The Morgan fingerprint density at radius 3 is 2.63 bits per heavy atom. The summed E-state index contributed by atoms with van der Waals surface area (Å²) in [4.78, 5) is 26.1. The third-order valence-corrected chi connectivity index (χ3v) is 6.12. The quantitative estimate of drug-likeness (QED) is 0.766. The van der Waals surface area contributed by atoms with Crippen LogP contribution in [-0.2, 0) is 9.53 Å². The molecule has 27 heavy (non-hydrogen) atoms. The summed E-state index contributed by atoms with van der Waals surface area (Å²) < 4.78 is 11.5. The first-order valence-corrected chi connectivity index (χ1v) is 9.39. The Kier molecular flexibility index (Phi) is 3.61. The molecule has 5 rings (SSSR count). The maximum absolute atomic E-state index is 13.4. The Morgan fingerprint density at radius 1 is 1.15 bits per heavy atom. The van der Waals surface area contributed by atoms with Crippen LogP contribution in [-0.4, -0.2) is 30.0 Å². The minimum absolute atomic E-state index is 0.00558. The number of ketones is 1. The molecule has 2 aromatic rings. The molecule has 1 N–H and O–H groups in total. The Bertz CT molecular complexity index is 957. The summed E-state index contributed by atoms with van der Waals surface area (Å²) >= 11 is 6.03. The Balaban J connectivity index is 1.66. The van der Waals surface area contributed by atoms with Crippen LogP contribution in [0.4, 0.5) is 0 Å². The van der Waals surface area contributed by atoms with Crippen molar-refractivity contribution in [2.75, 3.05) is 6.61 Å². The molecule has 0 radical (unpaired) electrons. The van der Waals surface area contributed by atoms with Crippen molar-refractivity contribution in [3.8, 4) is 5.75 Å². The zero-order valence-electron chi connectivity index (χ0n) is 14.7. The number of hydrogen-bond acceptors (Lipinski definition) is 5. The van der Waals surface area contributed by atoms with E-state index in [9.17, 15) is 9.59 Å². The normalized spacial score (nSPS) is 31.4. The number of hydrogen-bond donors (Lipinski definition) is 1. The number of nitrogens with one attached hydrogen (secondary N) is 1. The zero-order chi connectivity index (χ0) is 18.8. The van der Waals surface area contributed by atoms with Crippen molar-refractivity contribution in [1.29, 1.82) is 0 Å². The molecular formula is C21H18ClNO4. The minimum Gasteiger partial charge on any atom is -0.486 e. The van der Waals surface area contributed by atoms with E-state index in [1.807, 2.05) is 37.3 Å². The van der Waals surface area contributed by atoms with Crippen LogP contribution in [0.3, 0.4) is 0 Å². The fraction of sp³-hybridized carbons (Fsp3) is 0.333. The van der Waals surface area contributed by atoms with Gasteiger partial charge in [0.15, 0.2) is 11.3 Å². The Labute approximate surface area is 161 Å². The molecule has 1 spiro atoms. The maximum Gasteiger partial charge on any atom is 0.330 e. The molecule has 0 bridgehead atoms. The van der Waals surface area contributed by atoms with Crippen molar-refractivity contribution >= 4 is 23.4 Å². The zero-order valence-corrected chi connectivity index (χ0v) is 15.5. The van der Waals surface area contributed by atoms with Gasteiger partial charge in [-0.05, 0) is 36.8 Å². The van der Waals surface area contributed by atoms with E-state index in [0.29, 0.717) is 29.4 Å². The molecule has 2 saturated heterocycles. The summed E-state index contributed by atoms with van der Waals surface area (Å²) in [6.45, 7) is 2.26. The van der Waals surface area contributed by atoms with Crippen molar-refractivity contribution in [2.45, 2.75) is 31.0 Å². The van der Waals surface area contributed by atoms with Crippen LogP contribution in [0.15, 0.2) is 42.5 Å². The molecule has 3 aliphatic heterocycles. The number of carbonyl (C=O) groups is 2. The fourth-order valence-corrected chi connectivity index (χ4v) is 4.66. The third-order valence-electron chi connectivity index (χ3n) is 5.86. The average Bonchev–Trinajstić information content (AvgIpc) is 3.19. The molecule has 138 valence electrons. The van der Waals surface area contributed by atoms with Crippen LogP contribution >= 0.6 is 11.6 Å². The lowest BCUT2D eigenvalue weighted by atomic mass is 9.78. The number of Topliss-reactive ketones (excluding diaryl/α,β-unsaturated/α-hetero) is 1. The van der Waals surface area contributed by atoms with Gasteiger partial charge in [0.1, 0.15) is 11.9 Å². The highest BCUT2D eigenvalue weighted by molar-refractivity contribution is 6.30. The predicted octanol–water partition coefficient (Wildman–Crippen LogP) is 3.24. The number of fused-ring (bicyclic) bond motifs is 3. The smallest absolute Gasteiger partial charge is 0.330 e. The van der Waals surface area contributed by atoms with Gasteiger partial charge in [-0.25, -0.2) is 4.79 Å². The van der Waals surface area contributed by atoms with Crippen LogP contribution in [0.5, 0.6) is 5.75 Å². The summed E-state index contributed by atoms with van der Waals surface area (Å²) in [6.07, 6.45) is -0.123. The molecule has 2 aromatic carbocycles. The molecule has 0 aliphatic carbocycles. The highest BCUT2D eigenvalue weighted by Crippen LogP contribution is 2.49. The molecule has 3 heterocycles. The molecule has 6 heteroatoms. The maximum atomic E-state index is 13.4. The van der Waals surface area contributed by atoms with Gasteiger partial charge in [-0.15, -0.1) is 0 Å². The van der Waals surface area contributed by atoms with E-state index in [2.05, 4.69) is 5.32 Å². The van der Waals surface area contributed by atoms with Crippen LogP contribution in [0.1, 0.15) is 33.9 Å². The number of benzene rings is 2. The van der Waals surface area contributed by atoms with Gasteiger partial charge in [0.2, 0.25) is 0 Å². The standard InChI is InChI=1S/C21H18ClNO4/c1-11-2-7-15-14(10-11)18(24)16-17(12-3-5-13(22)6-4-12)23-21(19(16)27-15)8-9-26-20(21)25/h2-7,10,16-17,19,23H,8-9H2,1H3/t16-,17+,19+,21+/m1/s1. The van der Waals surface area contributed by atoms with E-state index in [4.69, 9.17) is 21.1 Å². The van der Waals surface area contributed by atoms with E-state index in [-0.39, 0.29) is 17.8 Å². The van der Waals surface area contributed by atoms with E-state index < -0.39 is 17.6 Å². The van der Waals surface area contributed by atoms with E-state index in [0.717, 1.165) is 11.1 Å². The first kappa shape index (κ1) is 16.8. The number of rotatable bonds is 1. The van der Waals surface area contributed by atoms with Crippen molar-refractivity contribution in [3.63, 3.8) is 0 Å². The first-order valence-electron chi connectivity index (χ1n) is 9.01. The molecule has 0 amide bonds. The van der Waals surface area contributed by atoms with Crippen LogP contribution in [0.2, 0.25) is 5.02 Å². The molecule has 3 aliphatic rings. The number of ether oxygens (including phenoxy) is 2. The van der Waals surface area contributed by atoms with Crippen molar-refractivity contribution in [2.24, 2.45) is 5.92 Å². The molecule has 2 fully saturated rings. The Hall–Kier alpha value is -2.37. The summed E-state index contributed by atoms with van der Waals surface area (Å²) in [7, 11) is 0. The SMILES string of the molecule is Cc1ccc2c(c1)C(=O)[C@H]1[C@H](c3ccc(Cl)cc3)N[C@@]3(CCOC3=O)[C@H]1O2. The van der Waals surface area contributed by atoms with Crippen molar-refractivity contribution in [1.82, 2.24) is 5.32 Å². The van der Waals surface area contributed by atoms with Gasteiger partial charge in [0.25, 0.3) is 0 Å². The monoisotopic (exact) mass is 383 g/mol. The molecule has 4 atom stereocenters. The highest BCUT2D eigenvalue weighted by atomic mass is 35.5. The summed E-state index contributed by atoms with van der Waals surface area (Å²) in [5.41, 5.74) is 1.46. The summed E-state index contributed by atoms with van der Waals surface area (Å²) in [6, 6.07) is 12.6. The fourth-order valence-electron chi connectivity index (χ4n) is 4.53. The second kappa shape index (κ2) is 5.81. The van der Waals surface area contributed by atoms with E-state index in [1.165, 1.54) is 0 Å². The van der Waals surface area contributed by atoms with Gasteiger partial charge in [-0.2, -0.15) is 0 Å². The number of carbonyl (C=O) groups excluding carboxylic acids is 2. The van der Waals surface area contributed by atoms with Crippen LogP contribution < -0.4 is 10.1 Å². The highest BCUT2D eigenvalue weighted by Gasteiger charge is 2.65. The average molecular weight is 384 g/mol. The Morgan fingerprint density at radius 2 is 1.93 bits per heavy atom. The molecule has 0 unspecified atom stereocenters. The summed E-state index contributed by atoms with van der Waals surface area (Å²) in [5.74, 6) is -0.332. The van der Waals surface area contributed by atoms with Crippen molar-refractivity contribution < 1.29 is 19.1 Å². The van der Waals surface area contributed by atoms with Crippen LogP contribution in [0.25, 0.3) is 0 Å². The molecule has 0 aromatic heterocycles. The lowest BCUT2D eigenvalue weighted by Crippen LogP contribution is -2.56. The van der Waals surface area contributed by atoms with Gasteiger partial charge < -0.3 is 9.47 Å². The van der Waals surface area contributed by atoms with Gasteiger partial charge in [0.05, 0.1) is 18.1 Å². The van der Waals surface area contributed by atoms with E-state index in [1.54, 1.807) is 12.1 Å². The largest absolute Gasteiger partial charge is 0.486 e. The van der Waals surface area contributed by atoms with Gasteiger partial charge in [-0.3, -0.25) is 10.1 Å². The van der Waals surface area contributed by atoms with Crippen LogP contribution in [0, 0.1) is 12.8 Å². The van der Waals surface area contributed by atoms with Gasteiger partial charge in [-0.1, -0.05) is 35.4 Å². The number of halogens is 1. The first-order chi connectivity index (χ1) is 13.0. The molecule has 0 saturated carbocycles. The number of esters is 1. The van der Waals surface area contributed by atoms with Gasteiger partial charge in [0, 0.05) is 17.5 Å². The topological polar surface area (TPSA) is 64.6 Å². The third kappa shape index (κ3) is 2.35. The van der Waals surface area contributed by atoms with E-state index >= 15 is 0 Å².